The molecule has 1 saturated carbocycles. The Kier molecular flexibility index (Phi) is 6.11. The van der Waals surface area contributed by atoms with Crippen LogP contribution in [0, 0.1) is 12.8 Å². The van der Waals surface area contributed by atoms with Crippen molar-refractivity contribution in [3.63, 3.8) is 0 Å². The number of benzene rings is 1. The van der Waals surface area contributed by atoms with Crippen molar-refractivity contribution < 1.29 is 23.1 Å². The van der Waals surface area contributed by atoms with Crippen LogP contribution in [0.2, 0.25) is 0 Å². The number of hydrogen-bond acceptors (Lipinski definition) is 6. The first-order valence-electron chi connectivity index (χ1n) is 10.5. The highest BCUT2D eigenvalue weighted by atomic mass is 19.3. The maximum atomic E-state index is 13.1. The minimum absolute atomic E-state index is 0.0116. The molecule has 2 heterocycles. The van der Waals surface area contributed by atoms with Gasteiger partial charge in [-0.1, -0.05) is 0 Å². The number of carbonyl (C=O) groups excluding carboxylic acids is 2. The van der Waals surface area contributed by atoms with Crippen molar-refractivity contribution in [3.05, 3.63) is 35.4 Å². The van der Waals surface area contributed by atoms with Crippen LogP contribution in [0.15, 0.2) is 24.3 Å². The van der Waals surface area contributed by atoms with Crippen LogP contribution in [-0.2, 0) is 4.79 Å². The molecule has 1 aliphatic carbocycles. The summed E-state index contributed by atoms with van der Waals surface area (Å²) >= 11 is 0. The molecule has 1 aliphatic heterocycles. The lowest BCUT2D eigenvalue weighted by Crippen LogP contribution is -2.27. The van der Waals surface area contributed by atoms with Crippen molar-refractivity contribution in [1.29, 1.82) is 0 Å². The van der Waals surface area contributed by atoms with Gasteiger partial charge in [0.15, 0.2) is 0 Å². The molecule has 0 bridgehead atoms. The van der Waals surface area contributed by atoms with E-state index in [1.165, 1.54) is 12.1 Å². The van der Waals surface area contributed by atoms with Gasteiger partial charge in [0.05, 0.1) is 5.69 Å². The first-order valence-corrected chi connectivity index (χ1v) is 10.5. The van der Waals surface area contributed by atoms with Gasteiger partial charge in [-0.3, -0.25) is 9.59 Å². The van der Waals surface area contributed by atoms with Crippen molar-refractivity contribution in [1.82, 2.24) is 9.88 Å². The second-order valence-corrected chi connectivity index (χ2v) is 8.04. The summed E-state index contributed by atoms with van der Waals surface area (Å²) in [6.45, 7) is -0.0517. The van der Waals surface area contributed by atoms with Gasteiger partial charge in [-0.25, -0.2) is 4.98 Å². The molecule has 1 aromatic heterocycles. The molecule has 2 aliphatic rings. The molecule has 2 aromatic rings. The van der Waals surface area contributed by atoms with Crippen LogP contribution in [0.4, 0.5) is 31.8 Å². The summed E-state index contributed by atoms with van der Waals surface area (Å²) in [5.41, 5.74) is 7.55. The first-order chi connectivity index (χ1) is 15.3. The number of nitrogen functional groups attached to an aromatic ring is 1. The van der Waals surface area contributed by atoms with Gasteiger partial charge in [-0.05, 0) is 50.8 Å². The third kappa shape index (κ3) is 4.90. The number of hydrogen-bond donors (Lipinski definition) is 3. The third-order valence-corrected chi connectivity index (χ3v) is 5.62. The summed E-state index contributed by atoms with van der Waals surface area (Å²) < 4.78 is 30.9. The number of amides is 2. The van der Waals surface area contributed by atoms with E-state index in [2.05, 4.69) is 15.6 Å². The van der Waals surface area contributed by atoms with Gasteiger partial charge in [-0.15, -0.1) is 0 Å². The van der Waals surface area contributed by atoms with Crippen molar-refractivity contribution >= 4 is 34.8 Å². The SMILES string of the molecule is Cc1c(Nc2ccc(C(=O)N3CCCC3)cc2OC(F)F)cc(NC(=O)C2CC2)nc1N. The van der Waals surface area contributed by atoms with Gasteiger partial charge in [0.1, 0.15) is 17.4 Å². The van der Waals surface area contributed by atoms with Gasteiger partial charge in [0, 0.05) is 41.9 Å². The molecule has 4 rings (SSSR count). The summed E-state index contributed by atoms with van der Waals surface area (Å²) in [6.07, 6.45) is 3.53. The zero-order chi connectivity index (χ0) is 22.8. The highest BCUT2D eigenvalue weighted by Gasteiger charge is 2.30. The lowest BCUT2D eigenvalue weighted by molar-refractivity contribution is -0.117. The smallest absolute Gasteiger partial charge is 0.387 e. The van der Waals surface area contributed by atoms with Gasteiger partial charge in [-0.2, -0.15) is 8.78 Å². The van der Waals surface area contributed by atoms with Crippen LogP contribution in [0.3, 0.4) is 0 Å². The second kappa shape index (κ2) is 8.97. The Labute approximate surface area is 184 Å². The maximum Gasteiger partial charge on any atom is 0.387 e. The van der Waals surface area contributed by atoms with E-state index in [1.54, 1.807) is 24.0 Å². The number of pyridine rings is 1. The first kappa shape index (κ1) is 21.8. The van der Waals surface area contributed by atoms with E-state index >= 15 is 0 Å². The van der Waals surface area contributed by atoms with Gasteiger partial charge >= 0.3 is 6.61 Å². The summed E-state index contributed by atoms with van der Waals surface area (Å²) in [4.78, 5) is 30.6. The molecule has 10 heteroatoms. The van der Waals surface area contributed by atoms with Crippen LogP contribution >= 0.6 is 0 Å². The summed E-state index contributed by atoms with van der Waals surface area (Å²) in [5.74, 6) is -0.0606. The zero-order valence-corrected chi connectivity index (χ0v) is 17.7. The molecular formula is C22H25F2N5O3. The Balaban J connectivity index is 1.61. The molecule has 2 amide bonds. The fourth-order valence-electron chi connectivity index (χ4n) is 3.60. The highest BCUT2D eigenvalue weighted by Crippen LogP contribution is 2.35. The Hall–Kier alpha value is -3.43. The summed E-state index contributed by atoms with van der Waals surface area (Å²) in [6, 6.07) is 5.97. The van der Waals surface area contributed by atoms with E-state index in [0.717, 1.165) is 25.7 Å². The lowest BCUT2D eigenvalue weighted by Gasteiger charge is -2.19. The molecular weight excluding hydrogens is 420 g/mol. The lowest BCUT2D eigenvalue weighted by atomic mass is 10.1. The van der Waals surface area contributed by atoms with Gasteiger partial charge < -0.3 is 26.0 Å². The van der Waals surface area contributed by atoms with Gasteiger partial charge in [0.25, 0.3) is 5.91 Å². The van der Waals surface area contributed by atoms with E-state index in [4.69, 9.17) is 10.5 Å². The van der Waals surface area contributed by atoms with Gasteiger partial charge in [0.2, 0.25) is 5.91 Å². The summed E-state index contributed by atoms with van der Waals surface area (Å²) in [7, 11) is 0. The minimum atomic E-state index is -3.07. The molecule has 0 spiro atoms. The second-order valence-electron chi connectivity index (χ2n) is 8.04. The molecule has 1 aromatic carbocycles. The molecule has 170 valence electrons. The Morgan fingerprint density at radius 3 is 2.56 bits per heavy atom. The molecule has 4 N–H and O–H groups in total. The Morgan fingerprint density at radius 2 is 1.91 bits per heavy atom. The number of nitrogens with one attached hydrogen (secondary N) is 2. The van der Waals surface area contributed by atoms with E-state index in [0.29, 0.717) is 24.3 Å². The van der Waals surface area contributed by atoms with Crippen molar-refractivity contribution in [3.8, 4) is 5.75 Å². The van der Waals surface area contributed by atoms with Crippen molar-refractivity contribution in [2.75, 3.05) is 29.5 Å². The predicted molar refractivity (Wildman–Crippen MR) is 116 cm³/mol. The van der Waals surface area contributed by atoms with Crippen LogP contribution in [-0.4, -0.2) is 41.4 Å². The van der Waals surface area contributed by atoms with Crippen LogP contribution in [0.5, 0.6) is 5.75 Å². The molecule has 1 saturated heterocycles. The number of aromatic nitrogens is 1. The molecule has 0 unspecified atom stereocenters. The number of carbonyl (C=O) groups is 2. The monoisotopic (exact) mass is 445 g/mol. The van der Waals surface area contributed by atoms with E-state index < -0.39 is 6.61 Å². The van der Waals surface area contributed by atoms with E-state index in [-0.39, 0.29) is 46.4 Å². The van der Waals surface area contributed by atoms with Crippen LogP contribution < -0.4 is 21.1 Å². The third-order valence-electron chi connectivity index (χ3n) is 5.62. The Bertz CT molecular complexity index is 1040. The van der Waals surface area contributed by atoms with E-state index in [1.807, 2.05) is 0 Å². The molecule has 2 fully saturated rings. The van der Waals surface area contributed by atoms with Crippen molar-refractivity contribution in [2.45, 2.75) is 39.2 Å². The number of anilines is 4. The minimum Gasteiger partial charge on any atom is -0.433 e. The number of ether oxygens (including phenoxy) is 1. The molecule has 0 atom stereocenters. The topological polar surface area (TPSA) is 110 Å². The average molecular weight is 445 g/mol. The average Bonchev–Trinajstić information content (AvgIpc) is 3.46. The highest BCUT2D eigenvalue weighted by molar-refractivity contribution is 5.96. The molecule has 0 radical (unpaired) electrons. The van der Waals surface area contributed by atoms with Crippen LogP contribution in [0.1, 0.15) is 41.6 Å². The number of halogens is 2. The fourth-order valence-corrected chi connectivity index (χ4v) is 3.60. The maximum absolute atomic E-state index is 13.1. The zero-order valence-electron chi connectivity index (χ0n) is 17.7. The number of nitrogens with zero attached hydrogens (tertiary/aromatic N) is 2. The number of nitrogens with two attached hydrogens (primary N) is 1. The number of likely N-dealkylation sites (tertiary alicyclic amines) is 1. The molecule has 8 nitrogen and oxygen atoms in total. The largest absolute Gasteiger partial charge is 0.433 e. The standard InChI is InChI=1S/C22H25F2N5O3/c1-12-16(11-18(27-19(12)25)28-20(30)13-4-5-13)26-15-7-6-14(10-17(15)32-22(23)24)21(31)29-8-2-3-9-29/h6-7,10-11,13,22H,2-5,8-9H2,1H3,(H4,25,26,27,28,30). The Morgan fingerprint density at radius 1 is 1.19 bits per heavy atom. The van der Waals surface area contributed by atoms with Crippen molar-refractivity contribution in [2.24, 2.45) is 5.92 Å². The molecule has 32 heavy (non-hydrogen) atoms. The number of rotatable bonds is 7. The quantitative estimate of drug-likeness (QED) is 0.596. The predicted octanol–water partition coefficient (Wildman–Crippen LogP) is 3.90. The normalized spacial score (nSPS) is 15.7. The van der Waals surface area contributed by atoms with Crippen LogP contribution in [0.25, 0.3) is 0 Å². The number of alkyl halides is 2. The summed E-state index contributed by atoms with van der Waals surface area (Å²) in [5, 5.41) is 5.76. The van der Waals surface area contributed by atoms with E-state index in [9.17, 15) is 18.4 Å². The fraction of sp³-hybridized carbons (Fsp3) is 0.409.